The van der Waals surface area contributed by atoms with E-state index in [0.717, 1.165) is 11.1 Å². The van der Waals surface area contributed by atoms with E-state index in [1.54, 1.807) is 11.6 Å². The highest BCUT2D eigenvalue weighted by Crippen LogP contribution is 2.40. The minimum atomic E-state index is -0.0479. The van der Waals surface area contributed by atoms with Crippen molar-refractivity contribution in [1.82, 2.24) is 19.6 Å². The molecular formula is C19H12N4O2. The first-order chi connectivity index (χ1) is 12.3. The Hall–Kier alpha value is -3.54. The number of carbonyl (C=O) groups is 1. The van der Waals surface area contributed by atoms with Crippen molar-refractivity contribution in [3.63, 3.8) is 0 Å². The number of hydrogen-bond acceptors (Lipinski definition) is 5. The average Bonchev–Trinajstić information content (AvgIpc) is 3.24. The van der Waals surface area contributed by atoms with Crippen LogP contribution in [-0.2, 0) is 0 Å². The summed E-state index contributed by atoms with van der Waals surface area (Å²) in [6.45, 7) is 0. The van der Waals surface area contributed by atoms with Gasteiger partial charge in [-0.05, 0) is 12.1 Å². The molecule has 0 bridgehead atoms. The lowest BCUT2D eigenvalue weighted by molar-refractivity contribution is 0.104. The third kappa shape index (κ3) is 1.85. The molecular weight excluding hydrogens is 316 g/mol. The number of hydrogen-bond donors (Lipinski definition) is 0. The third-order valence-corrected chi connectivity index (χ3v) is 4.42. The molecule has 0 N–H and O–H groups in total. The van der Waals surface area contributed by atoms with Crippen LogP contribution in [0, 0.1) is 0 Å². The molecule has 0 unspecified atom stereocenters. The molecule has 4 aromatic rings. The number of fused-ring (bicyclic) bond motifs is 4. The van der Waals surface area contributed by atoms with Crippen molar-refractivity contribution >= 4 is 11.6 Å². The quantitative estimate of drug-likeness (QED) is 0.498. The molecule has 2 aromatic carbocycles. The van der Waals surface area contributed by atoms with Gasteiger partial charge < -0.3 is 4.74 Å². The smallest absolute Gasteiger partial charge is 0.253 e. The van der Waals surface area contributed by atoms with Crippen molar-refractivity contribution in [3.05, 3.63) is 66.0 Å². The monoisotopic (exact) mass is 328 g/mol. The van der Waals surface area contributed by atoms with E-state index in [9.17, 15) is 4.79 Å². The van der Waals surface area contributed by atoms with Crippen LogP contribution in [0.4, 0.5) is 0 Å². The van der Waals surface area contributed by atoms with Gasteiger partial charge in [0.25, 0.3) is 5.78 Å². The summed E-state index contributed by atoms with van der Waals surface area (Å²) in [6, 6.07) is 15.1. The third-order valence-electron chi connectivity index (χ3n) is 4.42. The molecule has 120 valence electrons. The molecule has 0 saturated carbocycles. The molecule has 25 heavy (non-hydrogen) atoms. The van der Waals surface area contributed by atoms with Crippen LogP contribution in [0.1, 0.15) is 15.9 Å². The van der Waals surface area contributed by atoms with Gasteiger partial charge in [-0.2, -0.15) is 14.6 Å². The fraction of sp³-hybridized carbons (Fsp3) is 0.0526. The highest BCUT2D eigenvalue weighted by Gasteiger charge is 2.33. The molecule has 6 nitrogen and oxygen atoms in total. The summed E-state index contributed by atoms with van der Waals surface area (Å²) in [4.78, 5) is 21.9. The van der Waals surface area contributed by atoms with Crippen LogP contribution >= 0.6 is 0 Å². The van der Waals surface area contributed by atoms with Crippen LogP contribution in [-0.4, -0.2) is 32.5 Å². The van der Waals surface area contributed by atoms with E-state index in [1.165, 1.54) is 6.33 Å². The highest BCUT2D eigenvalue weighted by atomic mass is 16.5. The number of ether oxygens (including phenoxy) is 1. The van der Waals surface area contributed by atoms with Gasteiger partial charge in [-0.25, -0.2) is 4.98 Å². The lowest BCUT2D eigenvalue weighted by Crippen LogP contribution is -2.06. The van der Waals surface area contributed by atoms with E-state index in [0.29, 0.717) is 34.0 Å². The standard InChI is InChI=1S/C19H12N4O2/c1-25-12-6-4-5-11(9-12)17-15-16(22-19-20-10-21-23(17)19)13-7-2-3-8-14(13)18(15)24/h2-10H,1H3. The Morgan fingerprint density at radius 3 is 2.72 bits per heavy atom. The SMILES string of the molecule is COc1cccc(-c2c3c(nc4ncnn24)-c2ccccc2C3=O)c1. The maximum atomic E-state index is 13.1. The molecule has 0 amide bonds. The largest absolute Gasteiger partial charge is 0.497 e. The van der Waals surface area contributed by atoms with Gasteiger partial charge in [0.15, 0.2) is 5.78 Å². The Balaban J connectivity index is 1.91. The molecule has 2 aromatic heterocycles. The van der Waals surface area contributed by atoms with Crippen molar-refractivity contribution in [3.8, 4) is 28.3 Å². The minimum Gasteiger partial charge on any atom is -0.497 e. The normalized spacial score (nSPS) is 12.3. The second-order valence-corrected chi connectivity index (χ2v) is 5.76. The Morgan fingerprint density at radius 1 is 1.04 bits per heavy atom. The van der Waals surface area contributed by atoms with E-state index >= 15 is 0 Å². The van der Waals surface area contributed by atoms with Gasteiger partial charge in [0.1, 0.15) is 12.1 Å². The fourth-order valence-electron chi connectivity index (χ4n) is 3.31. The maximum Gasteiger partial charge on any atom is 0.253 e. The van der Waals surface area contributed by atoms with Gasteiger partial charge in [0.2, 0.25) is 0 Å². The van der Waals surface area contributed by atoms with E-state index < -0.39 is 0 Å². The van der Waals surface area contributed by atoms with Gasteiger partial charge >= 0.3 is 0 Å². The van der Waals surface area contributed by atoms with Crippen molar-refractivity contribution in [2.24, 2.45) is 0 Å². The first kappa shape index (κ1) is 13.9. The van der Waals surface area contributed by atoms with Crippen molar-refractivity contribution in [2.75, 3.05) is 7.11 Å². The summed E-state index contributed by atoms with van der Waals surface area (Å²) >= 11 is 0. The number of benzene rings is 2. The highest BCUT2D eigenvalue weighted by molar-refractivity contribution is 6.23. The van der Waals surface area contributed by atoms with E-state index in [2.05, 4.69) is 15.1 Å². The van der Waals surface area contributed by atoms with E-state index in [-0.39, 0.29) is 5.78 Å². The number of rotatable bonds is 2. The summed E-state index contributed by atoms with van der Waals surface area (Å²) in [5, 5.41) is 4.28. The van der Waals surface area contributed by atoms with E-state index in [1.807, 2.05) is 48.5 Å². The van der Waals surface area contributed by atoms with Crippen LogP contribution < -0.4 is 4.74 Å². The van der Waals surface area contributed by atoms with Crippen molar-refractivity contribution in [1.29, 1.82) is 0 Å². The summed E-state index contributed by atoms with van der Waals surface area (Å²) in [6.07, 6.45) is 1.44. The molecule has 0 spiro atoms. The minimum absolute atomic E-state index is 0.0479. The second kappa shape index (κ2) is 4.98. The zero-order chi connectivity index (χ0) is 17.0. The molecule has 0 aliphatic heterocycles. The molecule has 0 fully saturated rings. The van der Waals surface area contributed by atoms with Crippen molar-refractivity contribution in [2.45, 2.75) is 0 Å². The first-order valence-corrected chi connectivity index (χ1v) is 7.80. The van der Waals surface area contributed by atoms with Gasteiger partial charge in [-0.1, -0.05) is 36.4 Å². The van der Waals surface area contributed by atoms with Gasteiger partial charge in [-0.3, -0.25) is 4.79 Å². The molecule has 1 aliphatic carbocycles. The number of nitrogens with zero attached hydrogens (tertiary/aromatic N) is 4. The molecule has 0 atom stereocenters. The Bertz CT molecular complexity index is 1160. The van der Waals surface area contributed by atoms with Crippen LogP contribution in [0.15, 0.2) is 54.9 Å². The zero-order valence-corrected chi connectivity index (χ0v) is 13.3. The lowest BCUT2D eigenvalue weighted by atomic mass is 10.0. The number of carbonyl (C=O) groups excluding carboxylic acids is 1. The predicted molar refractivity (Wildman–Crippen MR) is 91.6 cm³/mol. The Labute approximate surface area is 142 Å². The molecule has 6 heteroatoms. The van der Waals surface area contributed by atoms with E-state index in [4.69, 9.17) is 4.74 Å². The Kier molecular flexibility index (Phi) is 2.76. The molecule has 2 heterocycles. The fourth-order valence-corrected chi connectivity index (χ4v) is 3.31. The van der Waals surface area contributed by atoms with Crippen LogP contribution in [0.3, 0.4) is 0 Å². The first-order valence-electron chi connectivity index (χ1n) is 7.80. The van der Waals surface area contributed by atoms with Gasteiger partial charge in [-0.15, -0.1) is 0 Å². The number of ketones is 1. The lowest BCUT2D eigenvalue weighted by Gasteiger charge is -2.10. The molecule has 0 radical (unpaired) electrons. The summed E-state index contributed by atoms with van der Waals surface area (Å²) in [5.74, 6) is 1.12. The second-order valence-electron chi connectivity index (χ2n) is 5.76. The zero-order valence-electron chi connectivity index (χ0n) is 13.3. The van der Waals surface area contributed by atoms with Gasteiger partial charge in [0, 0.05) is 16.7 Å². The summed E-state index contributed by atoms with van der Waals surface area (Å²) in [5.41, 5.74) is 4.19. The van der Waals surface area contributed by atoms with Crippen molar-refractivity contribution < 1.29 is 9.53 Å². The van der Waals surface area contributed by atoms with Gasteiger partial charge in [0.05, 0.1) is 24.1 Å². The predicted octanol–water partition coefficient (Wildman–Crippen LogP) is 3.01. The number of aromatic nitrogens is 4. The summed E-state index contributed by atoms with van der Waals surface area (Å²) in [7, 11) is 1.61. The average molecular weight is 328 g/mol. The van der Waals surface area contributed by atoms with Crippen LogP contribution in [0.5, 0.6) is 5.75 Å². The molecule has 1 aliphatic rings. The summed E-state index contributed by atoms with van der Waals surface area (Å²) < 4.78 is 6.94. The molecule has 0 saturated heterocycles. The maximum absolute atomic E-state index is 13.1. The molecule has 5 rings (SSSR count). The Morgan fingerprint density at radius 2 is 1.88 bits per heavy atom. The van der Waals surface area contributed by atoms with Crippen LogP contribution in [0.2, 0.25) is 0 Å². The topological polar surface area (TPSA) is 69.4 Å². The van der Waals surface area contributed by atoms with Crippen LogP contribution in [0.25, 0.3) is 28.3 Å². The number of methoxy groups -OCH3 is 1.